The van der Waals surface area contributed by atoms with Gasteiger partial charge in [-0.3, -0.25) is 0 Å². The Labute approximate surface area is 109 Å². The van der Waals surface area contributed by atoms with Crippen LogP contribution >= 0.6 is 0 Å². The number of nitrogens with two attached hydrogens (primary N) is 1. The molecule has 2 heterocycles. The minimum atomic E-state index is -0.150. The first kappa shape index (κ1) is 13.3. The molecule has 0 saturated carbocycles. The summed E-state index contributed by atoms with van der Waals surface area (Å²) in [6.45, 7) is 6.28. The molecule has 102 valence electrons. The summed E-state index contributed by atoms with van der Waals surface area (Å²) in [7, 11) is 0. The van der Waals surface area contributed by atoms with E-state index in [1.807, 2.05) is 0 Å². The van der Waals surface area contributed by atoms with Crippen molar-refractivity contribution in [1.82, 2.24) is 10.1 Å². The van der Waals surface area contributed by atoms with Crippen LogP contribution in [-0.4, -0.2) is 23.2 Å². The first-order chi connectivity index (χ1) is 8.72. The molecule has 2 atom stereocenters. The van der Waals surface area contributed by atoms with Gasteiger partial charge in [0.25, 0.3) is 5.95 Å². The summed E-state index contributed by atoms with van der Waals surface area (Å²) in [4.78, 5) is 6.68. The Morgan fingerprint density at radius 2 is 1.94 bits per heavy atom. The molecule has 0 spiro atoms. The Hall–Kier alpha value is -1.10. The summed E-state index contributed by atoms with van der Waals surface area (Å²) >= 11 is 0. The van der Waals surface area contributed by atoms with E-state index in [-0.39, 0.29) is 6.04 Å². The number of aromatic nitrogens is 2. The lowest BCUT2D eigenvalue weighted by atomic mass is 10.0. The molecule has 1 saturated heterocycles. The number of rotatable bonds is 4. The molecule has 2 unspecified atom stereocenters. The van der Waals surface area contributed by atoms with Crippen molar-refractivity contribution in [3.05, 3.63) is 5.89 Å². The Kier molecular flexibility index (Phi) is 4.58. The Morgan fingerprint density at radius 3 is 2.56 bits per heavy atom. The van der Waals surface area contributed by atoms with Crippen LogP contribution in [0.1, 0.15) is 57.9 Å². The molecule has 1 fully saturated rings. The van der Waals surface area contributed by atoms with Crippen LogP contribution in [0.25, 0.3) is 0 Å². The molecule has 5 nitrogen and oxygen atoms in total. The van der Waals surface area contributed by atoms with Crippen molar-refractivity contribution in [2.24, 2.45) is 11.7 Å². The van der Waals surface area contributed by atoms with Crippen LogP contribution in [0.4, 0.5) is 5.95 Å². The molecule has 1 aromatic rings. The van der Waals surface area contributed by atoms with Crippen LogP contribution < -0.4 is 10.6 Å². The van der Waals surface area contributed by atoms with Gasteiger partial charge < -0.3 is 15.2 Å². The van der Waals surface area contributed by atoms with Crippen LogP contribution in [-0.2, 0) is 0 Å². The fourth-order valence-corrected chi connectivity index (χ4v) is 2.26. The van der Waals surface area contributed by atoms with Crippen LogP contribution in [0.3, 0.4) is 0 Å². The molecule has 0 aromatic carbocycles. The fraction of sp³-hybridized carbons (Fsp3) is 0.846. The minimum Gasteiger partial charge on any atom is -0.338 e. The van der Waals surface area contributed by atoms with Gasteiger partial charge in [0.2, 0.25) is 5.89 Å². The van der Waals surface area contributed by atoms with E-state index in [1.165, 1.54) is 25.7 Å². The molecule has 0 bridgehead atoms. The molecule has 1 aromatic heterocycles. The van der Waals surface area contributed by atoms with Gasteiger partial charge in [-0.25, -0.2) is 0 Å². The van der Waals surface area contributed by atoms with E-state index in [4.69, 9.17) is 10.3 Å². The van der Waals surface area contributed by atoms with Gasteiger partial charge in [-0.15, -0.1) is 0 Å². The maximum absolute atomic E-state index is 6.11. The minimum absolute atomic E-state index is 0.150. The average molecular weight is 252 g/mol. The smallest absolute Gasteiger partial charge is 0.266 e. The second kappa shape index (κ2) is 6.18. The standard InChI is InChI=1S/C13H24N4O/c1-3-10(2)11(14)12-15-13(16-18-12)17-8-6-4-5-7-9-17/h10-11H,3-9,14H2,1-2H3. The van der Waals surface area contributed by atoms with E-state index < -0.39 is 0 Å². The third-order valence-corrected chi connectivity index (χ3v) is 3.86. The Bertz CT molecular complexity index is 358. The zero-order chi connectivity index (χ0) is 13.0. The Balaban J connectivity index is 2.04. The van der Waals surface area contributed by atoms with E-state index in [0.717, 1.165) is 19.5 Å². The SMILES string of the molecule is CCC(C)C(N)c1nc(N2CCCCCC2)no1. The third kappa shape index (κ3) is 3.02. The fourth-order valence-electron chi connectivity index (χ4n) is 2.26. The lowest BCUT2D eigenvalue weighted by molar-refractivity contribution is 0.312. The second-order valence-electron chi connectivity index (χ2n) is 5.25. The first-order valence-corrected chi connectivity index (χ1v) is 7.06. The van der Waals surface area contributed by atoms with Crippen molar-refractivity contribution in [3.8, 4) is 0 Å². The van der Waals surface area contributed by atoms with E-state index in [1.54, 1.807) is 0 Å². The summed E-state index contributed by atoms with van der Waals surface area (Å²) in [6, 6.07) is -0.150. The summed E-state index contributed by atoms with van der Waals surface area (Å²) in [5.74, 6) is 1.65. The van der Waals surface area contributed by atoms with Crippen molar-refractivity contribution in [3.63, 3.8) is 0 Å². The van der Waals surface area contributed by atoms with E-state index in [0.29, 0.717) is 17.8 Å². The maximum Gasteiger partial charge on any atom is 0.266 e. The van der Waals surface area contributed by atoms with Gasteiger partial charge >= 0.3 is 0 Å². The maximum atomic E-state index is 6.11. The molecule has 2 rings (SSSR count). The average Bonchev–Trinajstić information content (AvgIpc) is 2.72. The highest BCUT2D eigenvalue weighted by atomic mass is 16.5. The molecule has 0 amide bonds. The number of hydrogen-bond acceptors (Lipinski definition) is 5. The topological polar surface area (TPSA) is 68.2 Å². The van der Waals surface area contributed by atoms with Crippen molar-refractivity contribution >= 4 is 5.95 Å². The lowest BCUT2D eigenvalue weighted by Gasteiger charge is -2.17. The zero-order valence-corrected chi connectivity index (χ0v) is 11.4. The first-order valence-electron chi connectivity index (χ1n) is 7.06. The summed E-state index contributed by atoms with van der Waals surface area (Å²) in [5, 5.41) is 4.08. The van der Waals surface area contributed by atoms with Gasteiger partial charge in [-0.1, -0.05) is 33.1 Å². The summed E-state index contributed by atoms with van der Waals surface area (Å²) in [5.41, 5.74) is 6.11. The van der Waals surface area contributed by atoms with Gasteiger partial charge in [-0.2, -0.15) is 4.98 Å². The summed E-state index contributed by atoms with van der Waals surface area (Å²) in [6.07, 6.45) is 6.03. The number of nitrogens with zero attached hydrogens (tertiary/aromatic N) is 3. The predicted octanol–water partition coefficient (Wildman–Crippen LogP) is 2.50. The van der Waals surface area contributed by atoms with Crippen molar-refractivity contribution < 1.29 is 4.52 Å². The monoisotopic (exact) mass is 252 g/mol. The molecule has 1 aliphatic heterocycles. The molecular weight excluding hydrogens is 228 g/mol. The van der Waals surface area contributed by atoms with Crippen LogP contribution in [0.2, 0.25) is 0 Å². The van der Waals surface area contributed by atoms with Crippen molar-refractivity contribution in [1.29, 1.82) is 0 Å². The number of anilines is 1. The van der Waals surface area contributed by atoms with E-state index in [2.05, 4.69) is 28.9 Å². The lowest BCUT2D eigenvalue weighted by Crippen LogP contribution is -2.25. The van der Waals surface area contributed by atoms with Crippen LogP contribution in [0, 0.1) is 5.92 Å². The highest BCUT2D eigenvalue weighted by Crippen LogP contribution is 2.23. The summed E-state index contributed by atoms with van der Waals surface area (Å²) < 4.78 is 5.32. The zero-order valence-electron chi connectivity index (χ0n) is 11.4. The highest BCUT2D eigenvalue weighted by molar-refractivity contribution is 5.28. The molecule has 18 heavy (non-hydrogen) atoms. The normalized spacial score (nSPS) is 20.5. The highest BCUT2D eigenvalue weighted by Gasteiger charge is 2.22. The van der Waals surface area contributed by atoms with Gasteiger partial charge in [-0.05, 0) is 23.9 Å². The van der Waals surface area contributed by atoms with Crippen molar-refractivity contribution in [2.75, 3.05) is 18.0 Å². The van der Waals surface area contributed by atoms with Gasteiger partial charge in [0.1, 0.15) is 0 Å². The Morgan fingerprint density at radius 1 is 1.28 bits per heavy atom. The molecular formula is C13H24N4O. The van der Waals surface area contributed by atoms with Gasteiger partial charge in [0, 0.05) is 13.1 Å². The van der Waals surface area contributed by atoms with E-state index in [9.17, 15) is 0 Å². The van der Waals surface area contributed by atoms with Crippen molar-refractivity contribution in [2.45, 2.75) is 52.0 Å². The largest absolute Gasteiger partial charge is 0.338 e. The van der Waals surface area contributed by atoms with Crippen LogP contribution in [0.5, 0.6) is 0 Å². The molecule has 2 N–H and O–H groups in total. The molecule has 5 heteroatoms. The van der Waals surface area contributed by atoms with E-state index >= 15 is 0 Å². The van der Waals surface area contributed by atoms with Gasteiger partial charge in [0.05, 0.1) is 6.04 Å². The second-order valence-corrected chi connectivity index (χ2v) is 5.25. The molecule has 1 aliphatic rings. The van der Waals surface area contributed by atoms with Crippen LogP contribution in [0.15, 0.2) is 4.52 Å². The molecule has 0 radical (unpaired) electrons. The third-order valence-electron chi connectivity index (χ3n) is 3.86. The predicted molar refractivity (Wildman–Crippen MR) is 71.4 cm³/mol. The molecule has 0 aliphatic carbocycles. The number of hydrogen-bond donors (Lipinski definition) is 1. The quantitative estimate of drug-likeness (QED) is 0.891. The van der Waals surface area contributed by atoms with Gasteiger partial charge in [0.15, 0.2) is 0 Å².